The van der Waals surface area contributed by atoms with Crippen molar-refractivity contribution in [1.29, 1.82) is 0 Å². The summed E-state index contributed by atoms with van der Waals surface area (Å²) in [4.78, 5) is 0.275. The highest BCUT2D eigenvalue weighted by Crippen LogP contribution is 2.35. The van der Waals surface area contributed by atoms with Crippen molar-refractivity contribution in [2.75, 3.05) is 13.7 Å². The fourth-order valence-corrected chi connectivity index (χ4v) is 2.95. The van der Waals surface area contributed by atoms with Crippen molar-refractivity contribution in [3.05, 3.63) is 65.7 Å². The standard InChI is InChI=1S/C18H21BrO2/c1-3-21-18(15-9-11-16(20-2)12-10-15)13-17(19)14-7-5-4-6-8-14/h4-12,17-18H,3,13H2,1-2H3/t17-,18+/m0/s1. The van der Waals surface area contributed by atoms with E-state index in [4.69, 9.17) is 9.47 Å². The fraction of sp³-hybridized carbons (Fsp3) is 0.333. The molecule has 0 amide bonds. The Morgan fingerprint density at radius 2 is 1.62 bits per heavy atom. The molecule has 0 spiro atoms. The lowest BCUT2D eigenvalue weighted by molar-refractivity contribution is 0.0562. The number of hydrogen-bond donors (Lipinski definition) is 0. The zero-order valence-electron chi connectivity index (χ0n) is 12.5. The second kappa shape index (κ2) is 8.20. The molecule has 0 heterocycles. The van der Waals surface area contributed by atoms with E-state index >= 15 is 0 Å². The number of halogens is 1. The molecule has 0 saturated heterocycles. The molecule has 0 aliphatic heterocycles. The van der Waals surface area contributed by atoms with Gasteiger partial charge in [0, 0.05) is 11.4 Å². The molecule has 0 N–H and O–H groups in total. The molecule has 2 atom stereocenters. The highest BCUT2D eigenvalue weighted by atomic mass is 79.9. The predicted molar refractivity (Wildman–Crippen MR) is 90.1 cm³/mol. The number of rotatable bonds is 7. The van der Waals surface area contributed by atoms with Gasteiger partial charge in [-0.2, -0.15) is 0 Å². The summed E-state index contributed by atoms with van der Waals surface area (Å²) in [6.07, 6.45) is 0.968. The quantitative estimate of drug-likeness (QED) is 0.632. The minimum atomic E-state index is 0.0745. The summed E-state index contributed by atoms with van der Waals surface area (Å²) in [7, 11) is 1.68. The van der Waals surface area contributed by atoms with E-state index in [1.807, 2.05) is 25.1 Å². The van der Waals surface area contributed by atoms with Crippen molar-refractivity contribution in [3.8, 4) is 5.75 Å². The third-order valence-corrected chi connectivity index (χ3v) is 4.34. The molecule has 2 aromatic carbocycles. The van der Waals surface area contributed by atoms with Gasteiger partial charge in [0.25, 0.3) is 0 Å². The van der Waals surface area contributed by atoms with Crippen molar-refractivity contribution < 1.29 is 9.47 Å². The molecule has 112 valence electrons. The van der Waals surface area contributed by atoms with Crippen LogP contribution in [0.3, 0.4) is 0 Å². The summed E-state index contributed by atoms with van der Waals surface area (Å²) in [5.41, 5.74) is 2.45. The van der Waals surface area contributed by atoms with Gasteiger partial charge in [0.2, 0.25) is 0 Å². The van der Waals surface area contributed by atoms with E-state index in [1.165, 1.54) is 11.1 Å². The maximum atomic E-state index is 5.92. The summed E-state index contributed by atoms with van der Waals surface area (Å²) in [6, 6.07) is 18.5. The molecular weight excluding hydrogens is 328 g/mol. The second-order valence-corrected chi connectivity index (χ2v) is 5.94. The van der Waals surface area contributed by atoms with Crippen molar-refractivity contribution in [3.63, 3.8) is 0 Å². The molecule has 0 radical (unpaired) electrons. The van der Waals surface area contributed by atoms with Gasteiger partial charge in [0.15, 0.2) is 0 Å². The molecule has 2 nitrogen and oxygen atoms in total. The second-order valence-electron chi connectivity index (χ2n) is 4.83. The molecule has 0 aromatic heterocycles. The van der Waals surface area contributed by atoms with Crippen molar-refractivity contribution in [1.82, 2.24) is 0 Å². The van der Waals surface area contributed by atoms with Crippen molar-refractivity contribution >= 4 is 15.9 Å². The van der Waals surface area contributed by atoms with Gasteiger partial charge in [0.1, 0.15) is 5.75 Å². The Morgan fingerprint density at radius 1 is 0.952 bits per heavy atom. The third kappa shape index (κ3) is 4.58. The van der Waals surface area contributed by atoms with Gasteiger partial charge in [-0.25, -0.2) is 0 Å². The molecule has 0 unspecified atom stereocenters. The minimum Gasteiger partial charge on any atom is -0.497 e. The van der Waals surface area contributed by atoms with Crippen LogP contribution in [0.15, 0.2) is 54.6 Å². The summed E-state index contributed by atoms with van der Waals surface area (Å²) < 4.78 is 11.1. The van der Waals surface area contributed by atoms with E-state index in [0.717, 1.165) is 12.2 Å². The molecule has 0 fully saturated rings. The van der Waals surface area contributed by atoms with E-state index < -0.39 is 0 Å². The summed E-state index contributed by atoms with van der Waals surface area (Å²) in [5.74, 6) is 0.868. The first-order valence-corrected chi connectivity index (χ1v) is 8.10. The normalized spacial score (nSPS) is 13.7. The van der Waals surface area contributed by atoms with Crippen LogP contribution >= 0.6 is 15.9 Å². The first-order valence-electron chi connectivity index (χ1n) is 7.19. The van der Waals surface area contributed by atoms with Crippen LogP contribution in [0.25, 0.3) is 0 Å². The Balaban J connectivity index is 2.11. The van der Waals surface area contributed by atoms with Gasteiger partial charge in [-0.15, -0.1) is 0 Å². The van der Waals surface area contributed by atoms with Crippen LogP contribution in [0.1, 0.15) is 35.4 Å². The van der Waals surface area contributed by atoms with E-state index in [9.17, 15) is 0 Å². The Bertz CT molecular complexity index is 525. The average Bonchev–Trinajstić information content (AvgIpc) is 2.55. The monoisotopic (exact) mass is 348 g/mol. The molecule has 0 aliphatic carbocycles. The molecular formula is C18H21BrO2. The predicted octanol–water partition coefficient (Wildman–Crippen LogP) is 5.30. The largest absolute Gasteiger partial charge is 0.497 e. The Labute approximate surface area is 135 Å². The van der Waals surface area contributed by atoms with E-state index in [-0.39, 0.29) is 10.9 Å². The Kier molecular flexibility index (Phi) is 6.27. The van der Waals surface area contributed by atoms with Gasteiger partial charge in [0.05, 0.1) is 13.2 Å². The Morgan fingerprint density at radius 3 is 2.19 bits per heavy atom. The molecule has 2 aromatic rings. The average molecular weight is 349 g/mol. The van der Waals surface area contributed by atoms with Crippen LogP contribution < -0.4 is 4.74 Å². The summed E-state index contributed by atoms with van der Waals surface area (Å²) in [6.45, 7) is 2.73. The Hall–Kier alpha value is -1.32. The summed E-state index contributed by atoms with van der Waals surface area (Å²) in [5, 5.41) is 0. The maximum Gasteiger partial charge on any atom is 0.118 e. The van der Waals surface area contributed by atoms with Crippen LogP contribution in [-0.2, 0) is 4.74 Å². The van der Waals surface area contributed by atoms with Crippen LogP contribution in [0.4, 0.5) is 0 Å². The first kappa shape index (κ1) is 16.1. The summed E-state index contributed by atoms with van der Waals surface area (Å²) >= 11 is 3.78. The topological polar surface area (TPSA) is 18.5 Å². The van der Waals surface area contributed by atoms with Gasteiger partial charge in [-0.05, 0) is 36.6 Å². The highest BCUT2D eigenvalue weighted by molar-refractivity contribution is 9.09. The van der Waals surface area contributed by atoms with Gasteiger partial charge >= 0.3 is 0 Å². The van der Waals surface area contributed by atoms with Gasteiger partial charge in [-0.3, -0.25) is 0 Å². The number of hydrogen-bond acceptors (Lipinski definition) is 2. The van der Waals surface area contributed by atoms with E-state index in [2.05, 4.69) is 52.3 Å². The number of ether oxygens (including phenoxy) is 2. The van der Waals surface area contributed by atoms with Gasteiger partial charge < -0.3 is 9.47 Å². The van der Waals surface area contributed by atoms with Crippen molar-refractivity contribution in [2.24, 2.45) is 0 Å². The molecule has 0 aliphatic rings. The van der Waals surface area contributed by atoms with Crippen LogP contribution in [0.5, 0.6) is 5.75 Å². The maximum absolute atomic E-state index is 5.92. The first-order chi connectivity index (χ1) is 10.2. The van der Waals surface area contributed by atoms with Gasteiger partial charge in [-0.1, -0.05) is 58.4 Å². The van der Waals surface area contributed by atoms with E-state index in [0.29, 0.717) is 6.61 Å². The van der Waals surface area contributed by atoms with Crippen molar-refractivity contribution in [2.45, 2.75) is 24.3 Å². The van der Waals surface area contributed by atoms with Crippen LogP contribution in [0, 0.1) is 0 Å². The van der Waals surface area contributed by atoms with E-state index in [1.54, 1.807) is 7.11 Å². The lowest BCUT2D eigenvalue weighted by Gasteiger charge is -2.21. The number of benzene rings is 2. The lowest BCUT2D eigenvalue weighted by Crippen LogP contribution is -2.07. The molecule has 3 heteroatoms. The zero-order valence-corrected chi connectivity index (χ0v) is 14.0. The SMILES string of the molecule is CCO[C@H](C[C@H](Br)c1ccccc1)c1ccc(OC)cc1. The fourth-order valence-electron chi connectivity index (χ4n) is 2.31. The lowest BCUT2D eigenvalue weighted by atomic mass is 10.0. The highest BCUT2D eigenvalue weighted by Gasteiger charge is 2.18. The number of alkyl halides is 1. The van der Waals surface area contributed by atoms with Crippen LogP contribution in [0.2, 0.25) is 0 Å². The molecule has 0 saturated carbocycles. The molecule has 2 rings (SSSR count). The zero-order chi connectivity index (χ0) is 15.1. The number of methoxy groups -OCH3 is 1. The molecule has 0 bridgehead atoms. The molecule has 21 heavy (non-hydrogen) atoms. The minimum absolute atomic E-state index is 0.0745. The smallest absolute Gasteiger partial charge is 0.118 e. The van der Waals surface area contributed by atoms with Crippen LogP contribution in [-0.4, -0.2) is 13.7 Å². The third-order valence-electron chi connectivity index (χ3n) is 3.44.